The van der Waals surface area contributed by atoms with Gasteiger partial charge in [0.2, 0.25) is 0 Å². The SMILES string of the molecule is CC[C@@H](C)N=C(N)SCCOc1ccccc1Cl. The van der Waals surface area contributed by atoms with Gasteiger partial charge in [-0.15, -0.1) is 0 Å². The molecule has 0 saturated heterocycles. The van der Waals surface area contributed by atoms with Crippen LogP contribution in [0.2, 0.25) is 5.02 Å². The summed E-state index contributed by atoms with van der Waals surface area (Å²) in [5.74, 6) is 1.47. The standard InChI is InChI=1S/C13H19ClN2OS/c1-3-10(2)16-13(15)18-9-8-17-12-7-5-4-6-11(12)14/h4-7,10H,3,8-9H2,1-2H3,(H2,15,16)/t10-/m1/s1. The van der Waals surface area contributed by atoms with Gasteiger partial charge in [-0.05, 0) is 25.5 Å². The summed E-state index contributed by atoms with van der Waals surface area (Å²) in [5.41, 5.74) is 5.79. The van der Waals surface area contributed by atoms with Crippen LogP contribution in [0.1, 0.15) is 20.3 Å². The van der Waals surface area contributed by atoms with Gasteiger partial charge in [0.05, 0.1) is 11.6 Å². The molecule has 1 rings (SSSR count). The number of rotatable bonds is 6. The van der Waals surface area contributed by atoms with Crippen LogP contribution >= 0.6 is 23.4 Å². The summed E-state index contributed by atoms with van der Waals surface area (Å²) >= 11 is 7.48. The molecule has 0 unspecified atom stereocenters. The molecule has 0 bridgehead atoms. The lowest BCUT2D eigenvalue weighted by atomic mass is 10.3. The van der Waals surface area contributed by atoms with E-state index in [2.05, 4.69) is 11.9 Å². The first-order valence-electron chi connectivity index (χ1n) is 5.97. The highest BCUT2D eigenvalue weighted by Gasteiger charge is 2.01. The molecule has 5 heteroatoms. The number of halogens is 1. The van der Waals surface area contributed by atoms with Crippen molar-refractivity contribution in [2.45, 2.75) is 26.3 Å². The Morgan fingerprint density at radius 2 is 2.22 bits per heavy atom. The number of aliphatic imine (C=N–C) groups is 1. The third-order valence-electron chi connectivity index (χ3n) is 2.37. The molecule has 0 radical (unpaired) electrons. The number of benzene rings is 1. The van der Waals surface area contributed by atoms with E-state index in [9.17, 15) is 0 Å². The molecule has 0 amide bonds. The first kappa shape index (κ1) is 15.2. The van der Waals surface area contributed by atoms with Crippen molar-refractivity contribution in [1.82, 2.24) is 0 Å². The topological polar surface area (TPSA) is 47.6 Å². The fourth-order valence-electron chi connectivity index (χ4n) is 1.21. The van der Waals surface area contributed by atoms with Gasteiger partial charge in [0.15, 0.2) is 5.17 Å². The van der Waals surface area contributed by atoms with Gasteiger partial charge >= 0.3 is 0 Å². The zero-order valence-electron chi connectivity index (χ0n) is 10.7. The summed E-state index contributed by atoms with van der Waals surface area (Å²) in [6, 6.07) is 7.71. The molecule has 18 heavy (non-hydrogen) atoms. The number of hydrogen-bond acceptors (Lipinski definition) is 3. The fraction of sp³-hybridized carbons (Fsp3) is 0.462. The van der Waals surface area contributed by atoms with Gasteiger partial charge in [-0.2, -0.15) is 0 Å². The number of ether oxygens (including phenoxy) is 1. The lowest BCUT2D eigenvalue weighted by Gasteiger charge is -2.08. The molecule has 100 valence electrons. The van der Waals surface area contributed by atoms with E-state index in [-0.39, 0.29) is 6.04 Å². The van der Waals surface area contributed by atoms with Gasteiger partial charge in [-0.1, -0.05) is 42.4 Å². The summed E-state index contributed by atoms with van der Waals surface area (Å²) in [4.78, 5) is 4.33. The summed E-state index contributed by atoms with van der Waals surface area (Å²) in [6.07, 6.45) is 0.997. The van der Waals surface area contributed by atoms with Gasteiger partial charge in [-0.3, -0.25) is 4.99 Å². The van der Waals surface area contributed by atoms with Crippen LogP contribution < -0.4 is 10.5 Å². The lowest BCUT2D eigenvalue weighted by Crippen LogP contribution is -2.13. The molecule has 0 saturated carbocycles. The molecule has 0 fully saturated rings. The van der Waals surface area contributed by atoms with Crippen molar-refractivity contribution in [3.05, 3.63) is 29.3 Å². The first-order valence-corrected chi connectivity index (χ1v) is 7.33. The highest BCUT2D eigenvalue weighted by atomic mass is 35.5. The number of nitrogens with zero attached hydrogens (tertiary/aromatic N) is 1. The molecule has 0 heterocycles. The van der Waals surface area contributed by atoms with E-state index < -0.39 is 0 Å². The van der Waals surface area contributed by atoms with Gasteiger partial charge in [0.1, 0.15) is 5.75 Å². The maximum atomic E-state index is 5.97. The smallest absolute Gasteiger partial charge is 0.154 e. The summed E-state index contributed by atoms with van der Waals surface area (Å²) in [5, 5.41) is 1.25. The summed E-state index contributed by atoms with van der Waals surface area (Å²) in [6.45, 7) is 4.70. The van der Waals surface area contributed by atoms with Crippen LogP contribution in [-0.4, -0.2) is 23.6 Å². The van der Waals surface area contributed by atoms with E-state index in [0.29, 0.717) is 22.5 Å². The van der Waals surface area contributed by atoms with E-state index >= 15 is 0 Å². The molecular formula is C13H19ClN2OS. The van der Waals surface area contributed by atoms with Gasteiger partial charge in [-0.25, -0.2) is 0 Å². The highest BCUT2D eigenvalue weighted by Crippen LogP contribution is 2.23. The average Bonchev–Trinajstić information content (AvgIpc) is 2.36. The number of nitrogens with two attached hydrogens (primary N) is 1. The number of para-hydroxylation sites is 1. The van der Waals surface area contributed by atoms with Crippen molar-refractivity contribution in [3.63, 3.8) is 0 Å². The quantitative estimate of drug-likeness (QED) is 0.494. The highest BCUT2D eigenvalue weighted by molar-refractivity contribution is 8.13. The Labute approximate surface area is 118 Å². The minimum Gasteiger partial charge on any atom is -0.491 e. The van der Waals surface area contributed by atoms with E-state index in [1.165, 1.54) is 11.8 Å². The van der Waals surface area contributed by atoms with E-state index in [1.807, 2.05) is 31.2 Å². The minimum atomic E-state index is 0.280. The van der Waals surface area contributed by atoms with Gasteiger partial charge < -0.3 is 10.5 Å². The molecule has 1 atom stereocenters. The van der Waals surface area contributed by atoms with Crippen molar-refractivity contribution in [3.8, 4) is 5.75 Å². The van der Waals surface area contributed by atoms with Gasteiger partial charge in [0.25, 0.3) is 0 Å². The van der Waals surface area contributed by atoms with Crippen molar-refractivity contribution >= 4 is 28.5 Å². The van der Waals surface area contributed by atoms with Crippen molar-refractivity contribution in [2.75, 3.05) is 12.4 Å². The molecule has 0 aliphatic heterocycles. The molecule has 2 N–H and O–H groups in total. The second-order valence-corrected chi connectivity index (χ2v) is 5.37. The summed E-state index contributed by atoms with van der Waals surface area (Å²) in [7, 11) is 0. The zero-order valence-corrected chi connectivity index (χ0v) is 12.3. The zero-order chi connectivity index (χ0) is 13.4. The second-order valence-electron chi connectivity index (χ2n) is 3.85. The fourth-order valence-corrected chi connectivity index (χ4v) is 2.03. The first-order chi connectivity index (χ1) is 8.63. The molecular weight excluding hydrogens is 268 g/mol. The third kappa shape index (κ3) is 5.65. The Morgan fingerprint density at radius 3 is 2.89 bits per heavy atom. The minimum absolute atomic E-state index is 0.280. The summed E-state index contributed by atoms with van der Waals surface area (Å²) < 4.78 is 5.56. The van der Waals surface area contributed by atoms with Crippen molar-refractivity contribution in [1.29, 1.82) is 0 Å². The molecule has 3 nitrogen and oxygen atoms in total. The van der Waals surface area contributed by atoms with Crippen molar-refractivity contribution in [2.24, 2.45) is 10.7 Å². The van der Waals surface area contributed by atoms with E-state index in [0.717, 1.165) is 12.2 Å². The molecule has 0 aliphatic rings. The molecule has 0 aromatic heterocycles. The molecule has 1 aromatic rings. The maximum absolute atomic E-state index is 5.97. The Hall–Kier alpha value is -0.870. The van der Waals surface area contributed by atoms with Crippen LogP contribution in [0, 0.1) is 0 Å². The molecule has 0 aliphatic carbocycles. The average molecular weight is 287 g/mol. The largest absolute Gasteiger partial charge is 0.491 e. The number of hydrogen-bond donors (Lipinski definition) is 1. The Morgan fingerprint density at radius 1 is 1.50 bits per heavy atom. The predicted octanol–water partition coefficient (Wildman–Crippen LogP) is 3.57. The monoisotopic (exact) mass is 286 g/mol. The third-order valence-corrected chi connectivity index (χ3v) is 3.45. The van der Waals surface area contributed by atoms with E-state index in [4.69, 9.17) is 22.1 Å². The van der Waals surface area contributed by atoms with Crippen molar-refractivity contribution < 1.29 is 4.74 Å². The maximum Gasteiger partial charge on any atom is 0.154 e. The van der Waals surface area contributed by atoms with Crippen LogP contribution in [0.5, 0.6) is 5.75 Å². The predicted molar refractivity (Wildman–Crippen MR) is 80.8 cm³/mol. The van der Waals surface area contributed by atoms with E-state index in [1.54, 1.807) is 0 Å². The van der Waals surface area contributed by atoms with Gasteiger partial charge in [0, 0.05) is 11.8 Å². The Kier molecular flexibility index (Phi) is 6.98. The lowest BCUT2D eigenvalue weighted by molar-refractivity contribution is 0.344. The van der Waals surface area contributed by atoms with Crippen LogP contribution in [-0.2, 0) is 0 Å². The number of thioether (sulfide) groups is 1. The molecule has 0 spiro atoms. The molecule has 1 aromatic carbocycles. The van der Waals surface area contributed by atoms with Crippen LogP contribution in [0.25, 0.3) is 0 Å². The Bertz CT molecular complexity index is 398. The Balaban J connectivity index is 2.27. The number of amidine groups is 1. The normalized spacial score (nSPS) is 13.4. The van der Waals surface area contributed by atoms with Crippen LogP contribution in [0.4, 0.5) is 0 Å². The van der Waals surface area contributed by atoms with Crippen LogP contribution in [0.3, 0.4) is 0 Å². The van der Waals surface area contributed by atoms with Crippen LogP contribution in [0.15, 0.2) is 29.3 Å². The second kappa shape index (κ2) is 8.27.